The molecular formula is C19H17BrCl2F2N2. The normalized spacial score (nSPS) is 14.6. The lowest BCUT2D eigenvalue weighted by Gasteiger charge is -2.24. The van der Waals surface area contributed by atoms with Gasteiger partial charge in [-0.2, -0.15) is 0 Å². The van der Waals surface area contributed by atoms with Gasteiger partial charge in [0.25, 0.3) is 0 Å². The predicted octanol–water partition coefficient (Wildman–Crippen LogP) is 6.61. The molecule has 1 heterocycles. The Bertz CT molecular complexity index is 863. The van der Waals surface area contributed by atoms with Gasteiger partial charge < -0.3 is 9.80 Å². The zero-order chi connectivity index (χ0) is 19.0. The van der Waals surface area contributed by atoms with E-state index in [4.69, 9.17) is 23.2 Å². The molecule has 7 heteroatoms. The van der Waals surface area contributed by atoms with Crippen LogP contribution >= 0.6 is 39.1 Å². The number of halogens is 5. The molecule has 0 aliphatic carbocycles. The Morgan fingerprint density at radius 3 is 2.27 bits per heavy atom. The van der Waals surface area contributed by atoms with Crippen molar-refractivity contribution in [1.82, 2.24) is 4.90 Å². The maximum absolute atomic E-state index is 13.6. The van der Waals surface area contributed by atoms with Gasteiger partial charge in [0.05, 0.1) is 22.4 Å². The number of allylic oxidation sites excluding steroid dienone is 2. The lowest BCUT2D eigenvalue weighted by Crippen LogP contribution is -2.25. The number of benzene rings is 2. The van der Waals surface area contributed by atoms with E-state index >= 15 is 0 Å². The average Bonchev–Trinajstić information content (AvgIpc) is 2.85. The van der Waals surface area contributed by atoms with Gasteiger partial charge in [-0.05, 0) is 36.2 Å². The van der Waals surface area contributed by atoms with Crippen LogP contribution in [0.4, 0.5) is 14.5 Å². The number of hydrogen-bond acceptors (Lipinski definition) is 2. The second-order valence-corrected chi connectivity index (χ2v) is 7.89. The van der Waals surface area contributed by atoms with Crippen LogP contribution in [0.15, 0.2) is 46.2 Å². The molecule has 0 fully saturated rings. The van der Waals surface area contributed by atoms with Crippen molar-refractivity contribution >= 4 is 44.8 Å². The topological polar surface area (TPSA) is 6.48 Å². The minimum absolute atomic E-state index is 0.499. The molecule has 26 heavy (non-hydrogen) atoms. The molecule has 0 saturated heterocycles. The standard InChI is InChI=1S/C19H17BrCl2F2N2/c1-3-17-18(7-11-4-5-15(23)16(24)6-11)25(2)10-26(17)19-13(21)8-12(20)9-14(19)22/h4-6,8-9H,3,7,10H2,1-2H3. The maximum atomic E-state index is 13.6. The fourth-order valence-corrected chi connectivity index (χ4v) is 4.64. The Kier molecular flexibility index (Phi) is 5.80. The Morgan fingerprint density at radius 2 is 1.69 bits per heavy atom. The minimum atomic E-state index is -0.840. The third-order valence-corrected chi connectivity index (χ3v) is 5.45. The van der Waals surface area contributed by atoms with Crippen molar-refractivity contribution in [3.05, 3.63) is 73.4 Å². The van der Waals surface area contributed by atoms with Gasteiger partial charge in [-0.1, -0.05) is 52.1 Å². The van der Waals surface area contributed by atoms with Gasteiger partial charge in [-0.25, -0.2) is 8.78 Å². The van der Waals surface area contributed by atoms with E-state index in [-0.39, 0.29) is 0 Å². The number of rotatable bonds is 4. The zero-order valence-corrected chi connectivity index (χ0v) is 17.4. The maximum Gasteiger partial charge on any atom is 0.159 e. The summed E-state index contributed by atoms with van der Waals surface area (Å²) in [4.78, 5) is 4.15. The number of anilines is 1. The van der Waals surface area contributed by atoms with E-state index < -0.39 is 11.6 Å². The van der Waals surface area contributed by atoms with Crippen molar-refractivity contribution in [3.8, 4) is 0 Å². The molecule has 138 valence electrons. The van der Waals surface area contributed by atoms with Crippen LogP contribution in [-0.4, -0.2) is 18.6 Å². The van der Waals surface area contributed by atoms with Crippen molar-refractivity contribution in [2.75, 3.05) is 18.6 Å². The highest BCUT2D eigenvalue weighted by Gasteiger charge is 2.29. The third-order valence-electron chi connectivity index (χ3n) is 4.42. The molecule has 0 bridgehead atoms. The second kappa shape index (κ2) is 7.75. The molecule has 0 spiro atoms. The van der Waals surface area contributed by atoms with Crippen molar-refractivity contribution in [3.63, 3.8) is 0 Å². The highest BCUT2D eigenvalue weighted by atomic mass is 79.9. The van der Waals surface area contributed by atoms with Crippen molar-refractivity contribution in [2.45, 2.75) is 19.8 Å². The first-order chi connectivity index (χ1) is 12.3. The molecule has 0 N–H and O–H groups in total. The van der Waals surface area contributed by atoms with Gasteiger partial charge in [-0.15, -0.1) is 0 Å². The average molecular weight is 462 g/mol. The number of nitrogens with zero attached hydrogens (tertiary/aromatic N) is 2. The van der Waals surface area contributed by atoms with Crippen molar-refractivity contribution in [1.29, 1.82) is 0 Å². The molecule has 3 rings (SSSR count). The Hall–Kier alpha value is -1.30. The summed E-state index contributed by atoms with van der Waals surface area (Å²) in [5, 5.41) is 1.11. The quantitative estimate of drug-likeness (QED) is 0.505. The van der Waals surface area contributed by atoms with Crippen molar-refractivity contribution < 1.29 is 8.78 Å². The first-order valence-electron chi connectivity index (χ1n) is 8.11. The van der Waals surface area contributed by atoms with Gasteiger partial charge in [0.1, 0.15) is 0 Å². The molecule has 2 aromatic rings. The van der Waals surface area contributed by atoms with Crippen LogP contribution in [0, 0.1) is 11.6 Å². The molecule has 0 amide bonds. The van der Waals surface area contributed by atoms with Gasteiger partial charge in [0.15, 0.2) is 11.6 Å². The molecule has 0 aromatic heterocycles. The molecule has 2 aromatic carbocycles. The molecule has 0 radical (unpaired) electrons. The van der Waals surface area contributed by atoms with Crippen LogP contribution < -0.4 is 4.90 Å². The predicted molar refractivity (Wildman–Crippen MR) is 107 cm³/mol. The number of likely N-dealkylation sites (N-methyl/N-ethyl adjacent to an activating group) is 1. The molecular weight excluding hydrogens is 445 g/mol. The highest BCUT2D eigenvalue weighted by Crippen LogP contribution is 2.42. The van der Waals surface area contributed by atoms with E-state index in [1.807, 2.05) is 26.1 Å². The SMILES string of the molecule is CCC1=C(Cc2ccc(F)c(F)c2)N(C)CN1c1c(Cl)cc(Br)cc1Cl. The summed E-state index contributed by atoms with van der Waals surface area (Å²) in [6.07, 6.45) is 1.26. The highest BCUT2D eigenvalue weighted by molar-refractivity contribution is 9.10. The summed E-state index contributed by atoms with van der Waals surface area (Å²) in [6.45, 7) is 2.64. The van der Waals surface area contributed by atoms with Crippen LogP contribution in [0.2, 0.25) is 10.0 Å². The molecule has 1 aliphatic heterocycles. The van der Waals surface area contributed by atoms with Crippen LogP contribution in [0.25, 0.3) is 0 Å². The van der Waals surface area contributed by atoms with E-state index in [1.54, 1.807) is 6.07 Å². The van der Waals surface area contributed by atoms with Gasteiger partial charge in [0.2, 0.25) is 0 Å². The molecule has 2 nitrogen and oxygen atoms in total. The first kappa shape index (κ1) is 19.5. The lowest BCUT2D eigenvalue weighted by molar-refractivity contribution is 0.448. The van der Waals surface area contributed by atoms with Gasteiger partial charge in [-0.3, -0.25) is 0 Å². The van der Waals surface area contributed by atoms with Gasteiger partial charge >= 0.3 is 0 Å². The molecule has 0 atom stereocenters. The summed E-state index contributed by atoms with van der Waals surface area (Å²) in [6, 6.07) is 7.62. The minimum Gasteiger partial charge on any atom is -0.358 e. The van der Waals surface area contributed by atoms with E-state index in [0.29, 0.717) is 28.7 Å². The summed E-state index contributed by atoms with van der Waals surface area (Å²) in [5.74, 6) is -1.68. The molecule has 0 unspecified atom stereocenters. The Labute approximate surface area is 170 Å². The number of hydrogen-bond donors (Lipinski definition) is 0. The fraction of sp³-hybridized carbons (Fsp3) is 0.263. The van der Waals surface area contributed by atoms with Crippen molar-refractivity contribution in [2.24, 2.45) is 0 Å². The van der Waals surface area contributed by atoms with E-state index in [9.17, 15) is 8.78 Å². The second-order valence-electron chi connectivity index (χ2n) is 6.16. The van der Waals surface area contributed by atoms with E-state index in [2.05, 4.69) is 25.7 Å². The zero-order valence-electron chi connectivity index (χ0n) is 14.3. The summed E-state index contributed by atoms with van der Waals surface area (Å²) in [7, 11) is 1.96. The van der Waals surface area contributed by atoms with Crippen LogP contribution in [-0.2, 0) is 6.42 Å². The van der Waals surface area contributed by atoms with E-state index in [1.165, 1.54) is 6.07 Å². The smallest absolute Gasteiger partial charge is 0.159 e. The summed E-state index contributed by atoms with van der Waals surface area (Å²) in [5.41, 5.74) is 3.56. The third kappa shape index (κ3) is 3.71. The fourth-order valence-electron chi connectivity index (χ4n) is 3.23. The monoisotopic (exact) mass is 460 g/mol. The molecule has 0 saturated carbocycles. The summed E-state index contributed by atoms with van der Waals surface area (Å²) < 4.78 is 27.6. The molecule has 1 aliphatic rings. The largest absolute Gasteiger partial charge is 0.358 e. The van der Waals surface area contributed by atoms with Crippen LogP contribution in [0.1, 0.15) is 18.9 Å². The Balaban J connectivity index is 2.01. The Morgan fingerprint density at radius 1 is 1.04 bits per heavy atom. The lowest BCUT2D eigenvalue weighted by atomic mass is 10.1. The van der Waals surface area contributed by atoms with Crippen LogP contribution in [0.5, 0.6) is 0 Å². The van der Waals surface area contributed by atoms with E-state index in [0.717, 1.165) is 34.0 Å². The summed E-state index contributed by atoms with van der Waals surface area (Å²) >= 11 is 16.3. The van der Waals surface area contributed by atoms with Crippen LogP contribution in [0.3, 0.4) is 0 Å². The van der Waals surface area contributed by atoms with Gasteiger partial charge in [0, 0.05) is 29.3 Å². The first-order valence-corrected chi connectivity index (χ1v) is 9.65.